The average Bonchev–Trinajstić information content (AvgIpc) is 2.79. The van der Waals surface area contributed by atoms with Crippen LogP contribution < -0.4 is 15.5 Å². The van der Waals surface area contributed by atoms with Crippen LogP contribution in [0.5, 0.6) is 5.75 Å². The van der Waals surface area contributed by atoms with Crippen molar-refractivity contribution in [2.45, 2.75) is 0 Å². The van der Waals surface area contributed by atoms with Gasteiger partial charge < -0.3 is 10.1 Å². The van der Waals surface area contributed by atoms with Crippen molar-refractivity contribution >= 4 is 34.9 Å². The van der Waals surface area contributed by atoms with Crippen LogP contribution in [0.1, 0.15) is 5.56 Å². The lowest BCUT2D eigenvalue weighted by Crippen LogP contribution is -2.20. The maximum Gasteiger partial charge on any atom is 0.271 e. The van der Waals surface area contributed by atoms with Crippen molar-refractivity contribution in [1.29, 1.82) is 0 Å². The van der Waals surface area contributed by atoms with Crippen molar-refractivity contribution in [3.63, 3.8) is 0 Å². The minimum atomic E-state index is -0.543. The van der Waals surface area contributed by atoms with E-state index in [4.69, 9.17) is 4.74 Å². The minimum absolute atomic E-state index is 0.00566. The van der Waals surface area contributed by atoms with Crippen LogP contribution >= 0.6 is 0 Å². The first-order valence-corrected chi connectivity index (χ1v) is 9.21. The summed E-state index contributed by atoms with van der Waals surface area (Å²) in [5.41, 5.74) is 4.30. The first kappa shape index (κ1) is 21.9. The van der Waals surface area contributed by atoms with E-state index in [9.17, 15) is 25.0 Å². The maximum absolute atomic E-state index is 12.0. The van der Waals surface area contributed by atoms with Gasteiger partial charge >= 0.3 is 0 Å². The number of rotatable bonds is 9. The zero-order valence-corrected chi connectivity index (χ0v) is 16.5. The second-order valence-corrected chi connectivity index (χ2v) is 6.39. The predicted octanol–water partition coefficient (Wildman–Crippen LogP) is 3.97. The summed E-state index contributed by atoms with van der Waals surface area (Å²) >= 11 is 0. The Hall–Kier alpha value is -4.80. The van der Waals surface area contributed by atoms with E-state index in [2.05, 4.69) is 15.8 Å². The molecule has 0 saturated carbocycles. The van der Waals surface area contributed by atoms with Gasteiger partial charge in [0.05, 0.1) is 21.7 Å². The Bertz CT molecular complexity index is 1150. The first-order valence-electron chi connectivity index (χ1n) is 9.21. The normalized spacial score (nSPS) is 10.5. The number of non-ortho nitro benzene ring substituents is 2. The van der Waals surface area contributed by atoms with Gasteiger partial charge in [-0.2, -0.15) is 5.10 Å². The van der Waals surface area contributed by atoms with Crippen molar-refractivity contribution in [1.82, 2.24) is 0 Å². The molecule has 1 amide bonds. The Labute approximate surface area is 181 Å². The van der Waals surface area contributed by atoms with Crippen LogP contribution in [0.3, 0.4) is 0 Å². The summed E-state index contributed by atoms with van der Waals surface area (Å²) < 4.78 is 5.42. The molecule has 32 heavy (non-hydrogen) atoms. The number of hydrogen-bond acceptors (Lipinski definition) is 8. The SMILES string of the molecule is O=C(COc1ccc(/C=N\Nc2ccc([N+](=O)[O-])cc2)cc1)Nc1cccc([N+](=O)[O-])c1. The number of benzene rings is 3. The van der Waals surface area contributed by atoms with Crippen LogP contribution in [0, 0.1) is 20.2 Å². The third-order valence-corrected chi connectivity index (χ3v) is 4.08. The van der Waals surface area contributed by atoms with Crippen LogP contribution in [-0.4, -0.2) is 28.6 Å². The molecule has 0 aromatic heterocycles. The number of carbonyl (C=O) groups excluding carboxylic acids is 1. The molecule has 3 rings (SSSR count). The van der Waals surface area contributed by atoms with E-state index in [0.717, 1.165) is 5.56 Å². The molecule has 0 unspecified atom stereocenters. The Morgan fingerprint density at radius 3 is 2.25 bits per heavy atom. The molecule has 0 saturated heterocycles. The zero-order valence-electron chi connectivity index (χ0n) is 16.5. The molecular weight excluding hydrogens is 418 g/mol. The number of hydrogen-bond donors (Lipinski definition) is 2. The highest BCUT2D eigenvalue weighted by molar-refractivity contribution is 5.92. The molecule has 0 aliphatic heterocycles. The van der Waals surface area contributed by atoms with Gasteiger partial charge in [-0.3, -0.25) is 30.4 Å². The highest BCUT2D eigenvalue weighted by atomic mass is 16.6. The molecule has 0 bridgehead atoms. The van der Waals surface area contributed by atoms with E-state index in [-0.39, 0.29) is 18.0 Å². The zero-order chi connectivity index (χ0) is 22.9. The summed E-state index contributed by atoms with van der Waals surface area (Å²) in [5.74, 6) is 0.00288. The number of nitro benzene ring substituents is 2. The second-order valence-electron chi connectivity index (χ2n) is 6.39. The molecule has 0 fully saturated rings. The topological polar surface area (TPSA) is 149 Å². The van der Waals surface area contributed by atoms with Gasteiger partial charge in [0.25, 0.3) is 17.3 Å². The van der Waals surface area contributed by atoms with E-state index >= 15 is 0 Å². The molecule has 0 aliphatic rings. The van der Waals surface area contributed by atoms with E-state index in [1.807, 2.05) is 0 Å². The molecule has 11 heteroatoms. The quantitative estimate of drug-likeness (QED) is 0.293. The lowest BCUT2D eigenvalue weighted by molar-refractivity contribution is -0.385. The van der Waals surface area contributed by atoms with Gasteiger partial charge in [-0.1, -0.05) is 6.07 Å². The molecule has 2 N–H and O–H groups in total. The number of nitrogens with one attached hydrogen (secondary N) is 2. The molecule has 162 valence electrons. The summed E-state index contributed by atoms with van der Waals surface area (Å²) in [6.07, 6.45) is 1.56. The Kier molecular flexibility index (Phi) is 7.05. The largest absolute Gasteiger partial charge is 0.484 e. The molecule has 3 aromatic carbocycles. The first-order chi connectivity index (χ1) is 15.4. The monoisotopic (exact) mass is 435 g/mol. The van der Waals surface area contributed by atoms with Gasteiger partial charge in [-0.05, 0) is 48.0 Å². The van der Waals surface area contributed by atoms with Crippen LogP contribution in [0.2, 0.25) is 0 Å². The predicted molar refractivity (Wildman–Crippen MR) is 118 cm³/mol. The summed E-state index contributed by atoms with van der Waals surface area (Å²) in [6, 6.07) is 18.2. The van der Waals surface area contributed by atoms with Crippen molar-refractivity contribution in [3.05, 3.63) is 98.6 Å². The summed E-state index contributed by atoms with van der Waals surface area (Å²) in [5, 5.41) is 28.0. The number of hydrazone groups is 1. The standard InChI is InChI=1S/C21H17N5O6/c27-21(23-17-2-1-3-19(12-17)26(30)31)14-32-20-10-4-15(5-11-20)13-22-24-16-6-8-18(9-7-16)25(28)29/h1-13,24H,14H2,(H,23,27)/b22-13-. The Morgan fingerprint density at radius 2 is 1.59 bits per heavy atom. The number of ether oxygens (including phenoxy) is 1. The van der Waals surface area contributed by atoms with Crippen LogP contribution in [0.25, 0.3) is 0 Å². The fraction of sp³-hybridized carbons (Fsp3) is 0.0476. The van der Waals surface area contributed by atoms with Crippen LogP contribution in [-0.2, 0) is 4.79 Å². The van der Waals surface area contributed by atoms with Gasteiger partial charge in [-0.15, -0.1) is 0 Å². The van der Waals surface area contributed by atoms with Gasteiger partial charge in [-0.25, -0.2) is 0 Å². The van der Waals surface area contributed by atoms with Gasteiger partial charge in [0, 0.05) is 30.0 Å². The van der Waals surface area contributed by atoms with Gasteiger partial charge in [0.15, 0.2) is 6.61 Å². The highest BCUT2D eigenvalue weighted by Crippen LogP contribution is 2.18. The highest BCUT2D eigenvalue weighted by Gasteiger charge is 2.09. The number of nitro groups is 2. The molecule has 3 aromatic rings. The number of nitrogens with zero attached hydrogens (tertiary/aromatic N) is 3. The van der Waals surface area contributed by atoms with Gasteiger partial charge in [0.2, 0.25) is 0 Å². The molecule has 0 aliphatic carbocycles. The maximum atomic E-state index is 12.0. The Morgan fingerprint density at radius 1 is 0.906 bits per heavy atom. The average molecular weight is 435 g/mol. The second kappa shape index (κ2) is 10.3. The molecule has 0 heterocycles. The van der Waals surface area contributed by atoms with Crippen molar-refractivity contribution < 1.29 is 19.4 Å². The summed E-state index contributed by atoms with van der Waals surface area (Å²) in [6.45, 7) is -0.266. The summed E-state index contributed by atoms with van der Waals surface area (Å²) in [4.78, 5) is 32.4. The molecule has 0 spiro atoms. The summed E-state index contributed by atoms with van der Waals surface area (Å²) in [7, 11) is 0. The molecular formula is C21H17N5O6. The lowest BCUT2D eigenvalue weighted by Gasteiger charge is -2.07. The Balaban J connectivity index is 1.47. The number of amides is 1. The van der Waals surface area contributed by atoms with Crippen LogP contribution in [0.15, 0.2) is 77.9 Å². The number of carbonyl (C=O) groups is 1. The molecule has 0 atom stereocenters. The van der Waals surface area contributed by atoms with Crippen LogP contribution in [0.4, 0.5) is 22.7 Å². The van der Waals surface area contributed by atoms with Crippen molar-refractivity contribution in [3.8, 4) is 5.75 Å². The smallest absolute Gasteiger partial charge is 0.271 e. The molecule has 11 nitrogen and oxygen atoms in total. The van der Waals surface area contributed by atoms with Crippen molar-refractivity contribution in [2.24, 2.45) is 5.10 Å². The van der Waals surface area contributed by atoms with Crippen molar-refractivity contribution in [2.75, 3.05) is 17.3 Å². The van der Waals surface area contributed by atoms with E-state index in [0.29, 0.717) is 17.1 Å². The lowest BCUT2D eigenvalue weighted by atomic mass is 10.2. The third kappa shape index (κ3) is 6.35. The van der Waals surface area contributed by atoms with E-state index < -0.39 is 15.8 Å². The molecule has 0 radical (unpaired) electrons. The van der Waals surface area contributed by atoms with E-state index in [1.165, 1.54) is 30.3 Å². The fourth-order valence-electron chi connectivity index (χ4n) is 2.53. The van der Waals surface area contributed by atoms with Gasteiger partial charge in [0.1, 0.15) is 5.75 Å². The third-order valence-electron chi connectivity index (χ3n) is 4.08. The number of anilines is 2. The fourth-order valence-corrected chi connectivity index (χ4v) is 2.53. The minimum Gasteiger partial charge on any atom is -0.484 e. The van der Waals surface area contributed by atoms with E-state index in [1.54, 1.807) is 48.7 Å².